The molecule has 0 fully saturated rings. The highest BCUT2D eigenvalue weighted by atomic mass is 32.1. The number of benzene rings is 1. The first-order valence-corrected chi connectivity index (χ1v) is 6.99. The van der Waals surface area contributed by atoms with Crippen LogP contribution in [0.25, 0.3) is 0 Å². The molecule has 3 N–H and O–H groups in total. The summed E-state index contributed by atoms with van der Waals surface area (Å²) in [7, 11) is 0. The van der Waals surface area contributed by atoms with Gasteiger partial charge >= 0.3 is 0 Å². The average molecular weight is 293 g/mol. The zero-order valence-corrected chi connectivity index (χ0v) is 12.3. The lowest BCUT2D eigenvalue weighted by atomic mass is 10.2. The van der Waals surface area contributed by atoms with Crippen molar-refractivity contribution in [3.8, 4) is 0 Å². The Morgan fingerprint density at radius 1 is 1.10 bits per heavy atom. The monoisotopic (exact) mass is 293 g/mol. The lowest BCUT2D eigenvalue weighted by Crippen LogP contribution is -2.48. The van der Waals surface area contributed by atoms with Gasteiger partial charge in [-0.2, -0.15) is 0 Å². The minimum atomic E-state index is -0.316. The number of hydrogen-bond donors (Lipinski definition) is 3. The molecule has 0 heterocycles. The summed E-state index contributed by atoms with van der Waals surface area (Å²) in [6.07, 6.45) is 3.36. The minimum absolute atomic E-state index is 0.0719. The summed E-state index contributed by atoms with van der Waals surface area (Å²) in [5, 5.41) is 2.56. The standard InChI is InChI=1S/C14H19N3O2S/c1-2-3-5-10-12(18)16-17-14(20)15-13(19)11-8-6-4-7-9-11/h4,6-9H,2-3,5,10H2,1H3,(H,16,18)(H2,15,17,19,20). The molecule has 1 rings (SSSR count). The van der Waals surface area contributed by atoms with Crippen LogP contribution in [-0.2, 0) is 4.79 Å². The number of carbonyl (C=O) groups excluding carboxylic acids is 2. The van der Waals surface area contributed by atoms with Crippen molar-refractivity contribution in [3.05, 3.63) is 35.9 Å². The third-order valence-corrected chi connectivity index (χ3v) is 2.79. The van der Waals surface area contributed by atoms with E-state index in [1.54, 1.807) is 24.3 Å². The van der Waals surface area contributed by atoms with E-state index in [0.29, 0.717) is 12.0 Å². The third-order valence-electron chi connectivity index (χ3n) is 2.59. The van der Waals surface area contributed by atoms with E-state index in [1.165, 1.54) is 0 Å². The van der Waals surface area contributed by atoms with Crippen LogP contribution in [0.3, 0.4) is 0 Å². The maximum absolute atomic E-state index is 11.8. The molecular weight excluding hydrogens is 274 g/mol. The zero-order chi connectivity index (χ0) is 14.8. The molecule has 20 heavy (non-hydrogen) atoms. The van der Waals surface area contributed by atoms with Crippen LogP contribution in [0.15, 0.2) is 30.3 Å². The fourth-order valence-corrected chi connectivity index (χ4v) is 1.66. The van der Waals surface area contributed by atoms with Crippen molar-refractivity contribution in [3.63, 3.8) is 0 Å². The molecule has 2 amide bonds. The number of rotatable bonds is 5. The van der Waals surface area contributed by atoms with Crippen molar-refractivity contribution < 1.29 is 9.59 Å². The predicted molar refractivity (Wildman–Crippen MR) is 81.9 cm³/mol. The molecule has 0 aliphatic carbocycles. The molecule has 0 atom stereocenters. The molecule has 5 nitrogen and oxygen atoms in total. The van der Waals surface area contributed by atoms with Gasteiger partial charge in [0.2, 0.25) is 5.91 Å². The van der Waals surface area contributed by atoms with Crippen LogP contribution in [0, 0.1) is 0 Å². The second kappa shape index (κ2) is 9.03. The molecule has 0 saturated carbocycles. The van der Waals surface area contributed by atoms with Crippen LogP contribution in [-0.4, -0.2) is 16.9 Å². The molecule has 0 aromatic heterocycles. The summed E-state index contributed by atoms with van der Waals surface area (Å²) in [5.74, 6) is -0.460. The van der Waals surface area contributed by atoms with E-state index in [1.807, 2.05) is 6.07 Å². The van der Waals surface area contributed by atoms with Crippen LogP contribution in [0.1, 0.15) is 43.0 Å². The van der Waals surface area contributed by atoms with Crippen molar-refractivity contribution in [2.75, 3.05) is 0 Å². The molecule has 0 bridgehead atoms. The number of unbranched alkanes of at least 4 members (excludes halogenated alkanes) is 2. The number of amides is 2. The third kappa shape index (κ3) is 6.29. The molecule has 108 valence electrons. The number of carbonyl (C=O) groups is 2. The van der Waals surface area contributed by atoms with Gasteiger partial charge in [0.1, 0.15) is 0 Å². The summed E-state index contributed by atoms with van der Waals surface area (Å²) < 4.78 is 0. The first-order valence-electron chi connectivity index (χ1n) is 6.58. The summed E-state index contributed by atoms with van der Waals surface area (Å²) in [4.78, 5) is 23.2. The van der Waals surface area contributed by atoms with E-state index in [4.69, 9.17) is 12.2 Å². The molecule has 6 heteroatoms. The number of hydrogen-bond acceptors (Lipinski definition) is 3. The van der Waals surface area contributed by atoms with Gasteiger partial charge in [0.25, 0.3) is 5.91 Å². The Balaban J connectivity index is 2.27. The molecular formula is C14H19N3O2S. The summed E-state index contributed by atoms with van der Waals surface area (Å²) in [6, 6.07) is 8.72. The Labute approximate surface area is 124 Å². The SMILES string of the molecule is CCCCCC(=O)NNC(=S)NC(=O)c1ccccc1. The van der Waals surface area contributed by atoms with Crippen LogP contribution in [0.4, 0.5) is 0 Å². The van der Waals surface area contributed by atoms with Crippen molar-refractivity contribution in [2.24, 2.45) is 0 Å². The molecule has 0 aliphatic heterocycles. The number of hydrazine groups is 1. The quantitative estimate of drug-likeness (QED) is 0.440. The smallest absolute Gasteiger partial charge is 0.257 e. The average Bonchev–Trinajstić information content (AvgIpc) is 2.46. The molecule has 0 spiro atoms. The van der Waals surface area contributed by atoms with Crippen molar-refractivity contribution >= 4 is 29.1 Å². The van der Waals surface area contributed by atoms with Crippen molar-refractivity contribution in [2.45, 2.75) is 32.6 Å². The van der Waals surface area contributed by atoms with Crippen LogP contribution in [0.2, 0.25) is 0 Å². The molecule has 0 aliphatic rings. The van der Waals surface area contributed by atoms with E-state index in [0.717, 1.165) is 19.3 Å². The Morgan fingerprint density at radius 3 is 2.45 bits per heavy atom. The second-order valence-corrected chi connectivity index (χ2v) is 4.69. The van der Waals surface area contributed by atoms with Gasteiger partial charge in [-0.15, -0.1) is 0 Å². The first kappa shape index (κ1) is 16.1. The molecule has 0 radical (unpaired) electrons. The van der Waals surface area contributed by atoms with Gasteiger partial charge in [0.05, 0.1) is 0 Å². The van der Waals surface area contributed by atoms with E-state index < -0.39 is 0 Å². The van der Waals surface area contributed by atoms with Gasteiger partial charge in [0.15, 0.2) is 5.11 Å². The van der Waals surface area contributed by atoms with Gasteiger partial charge in [-0.25, -0.2) is 0 Å². The Hall–Kier alpha value is -1.95. The van der Waals surface area contributed by atoms with Crippen LogP contribution >= 0.6 is 12.2 Å². The Kier molecular flexibility index (Phi) is 7.27. The summed E-state index contributed by atoms with van der Waals surface area (Å²) >= 11 is 4.93. The Bertz CT molecular complexity index is 463. The van der Waals surface area contributed by atoms with E-state index in [9.17, 15) is 9.59 Å². The highest BCUT2D eigenvalue weighted by Crippen LogP contribution is 1.98. The number of thiocarbonyl (C=S) groups is 1. The number of nitrogens with one attached hydrogen (secondary N) is 3. The highest BCUT2D eigenvalue weighted by molar-refractivity contribution is 7.80. The lowest BCUT2D eigenvalue weighted by Gasteiger charge is -2.10. The minimum Gasteiger partial charge on any atom is -0.298 e. The van der Waals surface area contributed by atoms with E-state index in [2.05, 4.69) is 23.1 Å². The van der Waals surface area contributed by atoms with Gasteiger partial charge in [-0.1, -0.05) is 38.0 Å². The normalized spacial score (nSPS) is 9.65. The maximum atomic E-state index is 11.8. The lowest BCUT2D eigenvalue weighted by molar-refractivity contribution is -0.121. The molecule has 0 unspecified atom stereocenters. The topological polar surface area (TPSA) is 70.2 Å². The van der Waals surface area contributed by atoms with Crippen molar-refractivity contribution in [1.29, 1.82) is 0 Å². The fourth-order valence-electron chi connectivity index (χ4n) is 1.52. The largest absolute Gasteiger partial charge is 0.298 e. The van der Waals surface area contributed by atoms with Gasteiger partial charge in [-0.05, 0) is 30.8 Å². The zero-order valence-electron chi connectivity index (χ0n) is 11.4. The summed E-state index contributed by atoms with van der Waals surface area (Å²) in [5.41, 5.74) is 5.47. The van der Waals surface area contributed by atoms with Crippen LogP contribution < -0.4 is 16.2 Å². The summed E-state index contributed by atoms with van der Waals surface area (Å²) in [6.45, 7) is 2.07. The highest BCUT2D eigenvalue weighted by Gasteiger charge is 2.07. The molecule has 1 aromatic rings. The van der Waals surface area contributed by atoms with Gasteiger partial charge < -0.3 is 0 Å². The van der Waals surface area contributed by atoms with Gasteiger partial charge in [-0.3, -0.25) is 25.8 Å². The molecule has 0 saturated heterocycles. The predicted octanol–water partition coefficient (Wildman–Crippen LogP) is 1.90. The van der Waals surface area contributed by atoms with Gasteiger partial charge in [0, 0.05) is 12.0 Å². The first-order chi connectivity index (χ1) is 9.63. The fraction of sp³-hybridized carbons (Fsp3) is 0.357. The maximum Gasteiger partial charge on any atom is 0.257 e. The Morgan fingerprint density at radius 2 is 1.80 bits per heavy atom. The van der Waals surface area contributed by atoms with E-state index in [-0.39, 0.29) is 16.9 Å². The van der Waals surface area contributed by atoms with Crippen LogP contribution in [0.5, 0.6) is 0 Å². The molecule has 1 aromatic carbocycles. The van der Waals surface area contributed by atoms with E-state index >= 15 is 0 Å². The second-order valence-electron chi connectivity index (χ2n) is 4.28. The van der Waals surface area contributed by atoms with Crippen molar-refractivity contribution in [1.82, 2.24) is 16.2 Å².